The van der Waals surface area contributed by atoms with Gasteiger partial charge in [-0.1, -0.05) is 13.8 Å². The molecule has 0 spiro atoms. The van der Waals surface area contributed by atoms with Crippen molar-refractivity contribution in [2.24, 2.45) is 0 Å². The lowest BCUT2D eigenvalue weighted by Crippen LogP contribution is -2.42. The van der Waals surface area contributed by atoms with Gasteiger partial charge >= 0.3 is 6.18 Å². The molecule has 0 bridgehead atoms. The third-order valence-corrected chi connectivity index (χ3v) is 3.69. The lowest BCUT2D eigenvalue weighted by atomic mass is 10.0. The molecule has 1 rings (SSSR count). The average Bonchev–Trinajstić information content (AvgIpc) is 2.49. The number of hydrogen-bond acceptors (Lipinski definition) is 3. The summed E-state index contributed by atoms with van der Waals surface area (Å²) in [5, 5.41) is 18.8. The minimum atomic E-state index is -4.58. The molecule has 0 saturated carbocycles. The molecule has 3 nitrogen and oxygen atoms in total. The molecule has 0 aliphatic rings. The van der Waals surface area contributed by atoms with Crippen LogP contribution in [-0.2, 0) is 6.18 Å². The molecule has 0 unspecified atom stereocenters. The normalized spacial score (nSPS) is 14.3. The molecule has 6 heteroatoms. The second-order valence-electron chi connectivity index (χ2n) is 5.25. The number of benzene rings is 1. The highest BCUT2D eigenvalue weighted by molar-refractivity contribution is 5.55. The van der Waals surface area contributed by atoms with Gasteiger partial charge in [0.05, 0.1) is 29.3 Å². The van der Waals surface area contributed by atoms with Gasteiger partial charge in [0.2, 0.25) is 0 Å². The molecule has 22 heavy (non-hydrogen) atoms. The van der Waals surface area contributed by atoms with Crippen molar-refractivity contribution in [3.8, 4) is 6.07 Å². The number of alkyl halides is 3. The van der Waals surface area contributed by atoms with E-state index in [9.17, 15) is 18.3 Å². The molecule has 1 N–H and O–H groups in total. The molecule has 1 aromatic carbocycles. The Hall–Kier alpha value is -1.74. The van der Waals surface area contributed by atoms with Gasteiger partial charge in [-0.15, -0.1) is 0 Å². The van der Waals surface area contributed by atoms with Crippen LogP contribution in [0.5, 0.6) is 0 Å². The predicted molar refractivity (Wildman–Crippen MR) is 79.6 cm³/mol. The lowest BCUT2D eigenvalue weighted by Gasteiger charge is -2.34. The second-order valence-corrected chi connectivity index (χ2v) is 5.25. The molecule has 0 fully saturated rings. The van der Waals surface area contributed by atoms with E-state index < -0.39 is 23.4 Å². The van der Waals surface area contributed by atoms with Crippen molar-refractivity contribution < 1.29 is 18.3 Å². The Morgan fingerprint density at radius 2 is 1.95 bits per heavy atom. The van der Waals surface area contributed by atoms with Crippen molar-refractivity contribution in [2.45, 2.75) is 51.9 Å². The highest BCUT2D eigenvalue weighted by Crippen LogP contribution is 2.35. The summed E-state index contributed by atoms with van der Waals surface area (Å²) in [4.78, 5) is 1.75. The van der Waals surface area contributed by atoms with Crippen LogP contribution in [0.25, 0.3) is 0 Å². The van der Waals surface area contributed by atoms with Crippen LogP contribution in [0.15, 0.2) is 18.2 Å². The summed E-state index contributed by atoms with van der Waals surface area (Å²) in [5.41, 5.74) is -0.962. The first kappa shape index (κ1) is 18.3. The third-order valence-electron chi connectivity index (χ3n) is 3.69. The van der Waals surface area contributed by atoms with E-state index in [0.29, 0.717) is 18.7 Å². The summed E-state index contributed by atoms with van der Waals surface area (Å²) in [7, 11) is 0. The zero-order chi connectivity index (χ0) is 16.9. The van der Waals surface area contributed by atoms with E-state index in [4.69, 9.17) is 5.26 Å². The molecule has 1 aromatic rings. The summed E-state index contributed by atoms with van der Waals surface area (Å²) < 4.78 is 39.2. The van der Waals surface area contributed by atoms with E-state index in [1.165, 1.54) is 12.1 Å². The van der Waals surface area contributed by atoms with Crippen LogP contribution in [0.3, 0.4) is 0 Å². The van der Waals surface area contributed by atoms with Gasteiger partial charge < -0.3 is 10.0 Å². The van der Waals surface area contributed by atoms with Crippen LogP contribution >= 0.6 is 0 Å². The van der Waals surface area contributed by atoms with Gasteiger partial charge in [-0.05, 0) is 38.0 Å². The Bertz CT molecular complexity index is 537. The molecule has 0 radical (unpaired) electrons. The van der Waals surface area contributed by atoms with Crippen molar-refractivity contribution >= 4 is 5.69 Å². The van der Waals surface area contributed by atoms with Crippen molar-refractivity contribution in [3.63, 3.8) is 0 Å². The van der Waals surface area contributed by atoms with Gasteiger partial charge in [-0.25, -0.2) is 0 Å². The SMILES string of the molecule is CCCN(c1ccc(C#N)c(C(F)(F)F)c1)[C@@H](C)[C@H](O)CC. The highest BCUT2D eigenvalue weighted by atomic mass is 19.4. The number of nitriles is 1. The van der Waals surface area contributed by atoms with Gasteiger partial charge in [-0.3, -0.25) is 0 Å². The summed E-state index contributed by atoms with van der Waals surface area (Å²) in [5.74, 6) is 0. The Labute approximate surface area is 129 Å². The summed E-state index contributed by atoms with van der Waals surface area (Å²) in [6.45, 7) is 6.06. The topological polar surface area (TPSA) is 47.3 Å². The minimum absolute atomic E-state index is 0.307. The summed E-state index contributed by atoms with van der Waals surface area (Å²) in [6, 6.07) is 4.95. The maximum Gasteiger partial charge on any atom is 0.417 e. The van der Waals surface area contributed by atoms with E-state index in [2.05, 4.69) is 0 Å². The summed E-state index contributed by atoms with van der Waals surface area (Å²) >= 11 is 0. The van der Waals surface area contributed by atoms with Crippen LogP contribution < -0.4 is 4.90 Å². The van der Waals surface area contributed by atoms with Gasteiger partial charge in [0.15, 0.2) is 0 Å². The molecule has 0 aliphatic carbocycles. The Morgan fingerprint density at radius 3 is 2.41 bits per heavy atom. The molecular weight excluding hydrogens is 293 g/mol. The number of aliphatic hydroxyl groups is 1. The molecule has 2 atom stereocenters. The van der Waals surface area contributed by atoms with E-state index in [1.54, 1.807) is 17.9 Å². The summed E-state index contributed by atoms with van der Waals surface area (Å²) in [6.07, 6.45) is -3.95. The van der Waals surface area contributed by atoms with Crippen LogP contribution in [0.4, 0.5) is 18.9 Å². The molecule has 0 aromatic heterocycles. The highest BCUT2D eigenvalue weighted by Gasteiger charge is 2.34. The number of anilines is 1. The fourth-order valence-electron chi connectivity index (χ4n) is 2.40. The Morgan fingerprint density at radius 1 is 1.32 bits per heavy atom. The van der Waals surface area contributed by atoms with Gasteiger partial charge in [-0.2, -0.15) is 18.4 Å². The third kappa shape index (κ3) is 4.14. The maximum absolute atomic E-state index is 13.1. The average molecular weight is 314 g/mol. The number of halogens is 3. The number of aliphatic hydroxyl groups excluding tert-OH is 1. The van der Waals surface area contributed by atoms with Crippen molar-refractivity contribution in [3.05, 3.63) is 29.3 Å². The van der Waals surface area contributed by atoms with Gasteiger partial charge in [0.1, 0.15) is 0 Å². The maximum atomic E-state index is 13.1. The van der Waals surface area contributed by atoms with Gasteiger partial charge in [0.25, 0.3) is 0 Å². The Kier molecular flexibility index (Phi) is 6.24. The largest absolute Gasteiger partial charge is 0.417 e. The molecule has 0 amide bonds. The fourth-order valence-corrected chi connectivity index (χ4v) is 2.40. The van der Waals surface area contributed by atoms with Crippen LogP contribution in [-0.4, -0.2) is 23.8 Å². The molecule has 0 heterocycles. The minimum Gasteiger partial charge on any atom is -0.391 e. The number of hydrogen-bond donors (Lipinski definition) is 1. The quantitative estimate of drug-likeness (QED) is 0.865. The smallest absolute Gasteiger partial charge is 0.391 e. The van der Waals surface area contributed by atoms with E-state index >= 15 is 0 Å². The predicted octanol–water partition coefficient (Wildman–Crippen LogP) is 3.95. The van der Waals surface area contributed by atoms with Crippen molar-refractivity contribution in [2.75, 3.05) is 11.4 Å². The number of rotatable bonds is 6. The molecular formula is C16H21F3N2O. The molecule has 0 saturated heterocycles. The monoisotopic (exact) mass is 314 g/mol. The lowest BCUT2D eigenvalue weighted by molar-refractivity contribution is -0.137. The van der Waals surface area contributed by atoms with Crippen LogP contribution in [0.1, 0.15) is 44.7 Å². The molecule has 122 valence electrons. The zero-order valence-electron chi connectivity index (χ0n) is 13.0. The van der Waals surface area contributed by atoms with Crippen molar-refractivity contribution in [1.29, 1.82) is 5.26 Å². The molecule has 0 aliphatic heterocycles. The van der Waals surface area contributed by atoms with Gasteiger partial charge in [0, 0.05) is 12.2 Å². The van der Waals surface area contributed by atoms with E-state index in [1.807, 2.05) is 13.8 Å². The Balaban J connectivity index is 3.30. The zero-order valence-corrected chi connectivity index (χ0v) is 13.0. The first-order valence-corrected chi connectivity index (χ1v) is 7.32. The van der Waals surface area contributed by atoms with Crippen LogP contribution in [0, 0.1) is 11.3 Å². The van der Waals surface area contributed by atoms with Crippen LogP contribution in [0.2, 0.25) is 0 Å². The standard InChI is InChI=1S/C16H21F3N2O/c1-4-8-21(11(3)15(22)5-2)13-7-6-12(10-20)14(9-13)16(17,18)19/h6-7,9,11,15,22H,4-5,8H2,1-3H3/t11-,15+/m0/s1. The second kappa shape index (κ2) is 7.50. The first-order chi connectivity index (χ1) is 10.3. The number of nitrogens with zero attached hydrogens (tertiary/aromatic N) is 2. The first-order valence-electron chi connectivity index (χ1n) is 7.32. The van der Waals surface area contributed by atoms with E-state index in [-0.39, 0.29) is 6.04 Å². The van der Waals surface area contributed by atoms with Crippen molar-refractivity contribution in [1.82, 2.24) is 0 Å². The fraction of sp³-hybridized carbons (Fsp3) is 0.562. The van der Waals surface area contributed by atoms with E-state index in [0.717, 1.165) is 12.5 Å².